The third-order valence-electron chi connectivity index (χ3n) is 5.58. The van der Waals surface area contributed by atoms with Gasteiger partial charge in [-0.2, -0.15) is 0 Å². The Hall–Kier alpha value is -1.49. The van der Waals surface area contributed by atoms with E-state index in [0.717, 1.165) is 51.3 Å². The van der Waals surface area contributed by atoms with Crippen molar-refractivity contribution in [1.82, 2.24) is 19.7 Å². The quantitative estimate of drug-likeness (QED) is 0.838. The molecule has 1 aliphatic rings. The lowest BCUT2D eigenvalue weighted by Crippen LogP contribution is -2.41. The fraction of sp³-hybridized carbons (Fsp3) is 0.591. The predicted molar refractivity (Wildman–Crippen MR) is 110 cm³/mol. The van der Waals surface area contributed by atoms with Crippen LogP contribution >= 0.6 is 0 Å². The molecule has 0 saturated carbocycles. The average Bonchev–Trinajstić information content (AvgIpc) is 2.72. The van der Waals surface area contributed by atoms with E-state index in [0.29, 0.717) is 12.1 Å². The molecule has 3 rings (SSSR count). The molecule has 26 heavy (non-hydrogen) atoms. The summed E-state index contributed by atoms with van der Waals surface area (Å²) < 4.78 is 0. The second-order valence-electron chi connectivity index (χ2n) is 8.03. The second-order valence-corrected chi connectivity index (χ2v) is 8.03. The van der Waals surface area contributed by atoms with Crippen LogP contribution in [0, 0.1) is 0 Å². The lowest BCUT2D eigenvalue weighted by atomic mass is 10.2. The van der Waals surface area contributed by atoms with Crippen LogP contribution < -0.4 is 0 Å². The zero-order valence-electron chi connectivity index (χ0n) is 16.9. The highest BCUT2D eigenvalue weighted by molar-refractivity contribution is 5.78. The number of nitrogens with zero attached hydrogens (tertiary/aromatic N) is 4. The standard InChI is InChI=1S/C22H34N4/c1-18(2)25-13-11-24(12-14-26(16-15-25)19(3)4)17-21-10-9-20-7-5-6-8-22(20)23-21/h5-10,18-19H,11-17H2,1-4H3. The van der Waals surface area contributed by atoms with Crippen LogP contribution in [0.4, 0.5) is 0 Å². The van der Waals surface area contributed by atoms with E-state index in [2.05, 4.69) is 78.8 Å². The summed E-state index contributed by atoms with van der Waals surface area (Å²) >= 11 is 0. The van der Waals surface area contributed by atoms with Gasteiger partial charge < -0.3 is 0 Å². The summed E-state index contributed by atoms with van der Waals surface area (Å²) in [4.78, 5) is 12.7. The van der Waals surface area contributed by atoms with Crippen molar-refractivity contribution in [3.8, 4) is 0 Å². The summed E-state index contributed by atoms with van der Waals surface area (Å²) in [5, 5.41) is 1.22. The maximum absolute atomic E-state index is 4.89. The third kappa shape index (κ3) is 5.03. The van der Waals surface area contributed by atoms with Crippen LogP contribution in [-0.2, 0) is 6.54 Å². The summed E-state index contributed by atoms with van der Waals surface area (Å²) in [6.45, 7) is 17.0. The molecule has 0 unspecified atom stereocenters. The molecule has 4 nitrogen and oxygen atoms in total. The number of hydrogen-bond donors (Lipinski definition) is 0. The van der Waals surface area contributed by atoms with Gasteiger partial charge in [0.2, 0.25) is 0 Å². The molecule has 0 bridgehead atoms. The number of hydrogen-bond acceptors (Lipinski definition) is 4. The van der Waals surface area contributed by atoms with Crippen LogP contribution in [0.25, 0.3) is 10.9 Å². The van der Waals surface area contributed by atoms with Crippen molar-refractivity contribution in [2.24, 2.45) is 0 Å². The Labute approximate surface area is 158 Å². The number of benzene rings is 1. The first-order valence-corrected chi connectivity index (χ1v) is 10.1. The number of para-hydroxylation sites is 1. The molecule has 0 aliphatic carbocycles. The normalized spacial score (nSPS) is 19.0. The van der Waals surface area contributed by atoms with E-state index in [-0.39, 0.29) is 0 Å². The second kappa shape index (κ2) is 8.94. The Kier molecular flexibility index (Phi) is 6.63. The molecule has 2 aromatic rings. The fourth-order valence-corrected chi connectivity index (χ4v) is 3.75. The van der Waals surface area contributed by atoms with Crippen LogP contribution in [0.5, 0.6) is 0 Å². The summed E-state index contributed by atoms with van der Waals surface area (Å²) in [7, 11) is 0. The van der Waals surface area contributed by atoms with E-state index >= 15 is 0 Å². The van der Waals surface area contributed by atoms with Crippen molar-refractivity contribution in [2.75, 3.05) is 39.3 Å². The maximum atomic E-state index is 4.89. The molecule has 4 heteroatoms. The molecule has 2 heterocycles. The minimum atomic E-state index is 0.600. The van der Waals surface area contributed by atoms with E-state index < -0.39 is 0 Å². The molecule has 142 valence electrons. The van der Waals surface area contributed by atoms with Gasteiger partial charge in [-0.25, -0.2) is 0 Å². The van der Waals surface area contributed by atoms with Crippen molar-refractivity contribution in [2.45, 2.75) is 46.3 Å². The molecule has 0 N–H and O–H groups in total. The molecule has 0 spiro atoms. The van der Waals surface area contributed by atoms with E-state index in [1.54, 1.807) is 0 Å². The van der Waals surface area contributed by atoms with Gasteiger partial charge in [-0.3, -0.25) is 19.7 Å². The largest absolute Gasteiger partial charge is 0.298 e. The zero-order chi connectivity index (χ0) is 18.5. The Balaban J connectivity index is 1.73. The number of fused-ring (bicyclic) bond motifs is 1. The molecule has 1 aromatic carbocycles. The Morgan fingerprint density at radius 1 is 0.769 bits per heavy atom. The van der Waals surface area contributed by atoms with Crippen LogP contribution in [0.3, 0.4) is 0 Å². The minimum absolute atomic E-state index is 0.600. The van der Waals surface area contributed by atoms with Crippen LogP contribution in [-0.4, -0.2) is 71.0 Å². The van der Waals surface area contributed by atoms with Crippen molar-refractivity contribution >= 4 is 10.9 Å². The smallest absolute Gasteiger partial charge is 0.0705 e. The predicted octanol–water partition coefficient (Wildman–Crippen LogP) is 3.47. The highest BCUT2D eigenvalue weighted by Crippen LogP contribution is 2.14. The first-order chi connectivity index (χ1) is 12.5. The number of aromatic nitrogens is 1. The van der Waals surface area contributed by atoms with Gasteiger partial charge in [0.25, 0.3) is 0 Å². The van der Waals surface area contributed by atoms with Crippen molar-refractivity contribution in [1.29, 1.82) is 0 Å². The Morgan fingerprint density at radius 3 is 1.96 bits per heavy atom. The van der Waals surface area contributed by atoms with Crippen molar-refractivity contribution in [3.05, 3.63) is 42.1 Å². The summed E-state index contributed by atoms with van der Waals surface area (Å²) in [6, 6.07) is 14.0. The molecule has 1 aromatic heterocycles. The van der Waals surface area contributed by atoms with Gasteiger partial charge in [-0.15, -0.1) is 0 Å². The average molecular weight is 355 g/mol. The van der Waals surface area contributed by atoms with Gasteiger partial charge in [-0.1, -0.05) is 24.3 Å². The molecule has 1 fully saturated rings. The molecule has 0 amide bonds. The van der Waals surface area contributed by atoms with Gasteiger partial charge >= 0.3 is 0 Å². The van der Waals surface area contributed by atoms with E-state index in [9.17, 15) is 0 Å². The topological polar surface area (TPSA) is 22.6 Å². The number of rotatable bonds is 4. The molecule has 0 atom stereocenters. The van der Waals surface area contributed by atoms with Crippen molar-refractivity contribution in [3.63, 3.8) is 0 Å². The monoisotopic (exact) mass is 354 g/mol. The van der Waals surface area contributed by atoms with E-state index in [1.807, 2.05) is 0 Å². The molecule has 1 saturated heterocycles. The summed E-state index contributed by atoms with van der Waals surface area (Å²) in [5.41, 5.74) is 2.28. The first kappa shape index (κ1) is 19.3. The SMILES string of the molecule is CC(C)N1CCN(Cc2ccc3ccccc3n2)CCN(C(C)C)CC1. The zero-order valence-corrected chi connectivity index (χ0v) is 16.9. The minimum Gasteiger partial charge on any atom is -0.298 e. The molecular weight excluding hydrogens is 320 g/mol. The molecular formula is C22H34N4. The number of pyridine rings is 1. The van der Waals surface area contributed by atoms with Crippen molar-refractivity contribution < 1.29 is 0 Å². The van der Waals surface area contributed by atoms with Gasteiger partial charge in [0.05, 0.1) is 11.2 Å². The molecule has 0 radical (unpaired) electrons. The lowest BCUT2D eigenvalue weighted by Gasteiger charge is -2.30. The first-order valence-electron chi connectivity index (χ1n) is 10.1. The molecule has 1 aliphatic heterocycles. The van der Waals surface area contributed by atoms with E-state index in [1.165, 1.54) is 11.1 Å². The van der Waals surface area contributed by atoms with Gasteiger partial charge in [0.1, 0.15) is 0 Å². The van der Waals surface area contributed by atoms with Crippen LogP contribution in [0.1, 0.15) is 33.4 Å². The van der Waals surface area contributed by atoms with E-state index in [4.69, 9.17) is 4.98 Å². The highest BCUT2D eigenvalue weighted by atomic mass is 15.3. The summed E-state index contributed by atoms with van der Waals surface area (Å²) in [6.07, 6.45) is 0. The lowest BCUT2D eigenvalue weighted by molar-refractivity contribution is 0.169. The Bertz CT molecular complexity index is 677. The van der Waals surface area contributed by atoms with Crippen LogP contribution in [0.2, 0.25) is 0 Å². The fourth-order valence-electron chi connectivity index (χ4n) is 3.75. The Morgan fingerprint density at radius 2 is 1.35 bits per heavy atom. The maximum Gasteiger partial charge on any atom is 0.0705 e. The van der Waals surface area contributed by atoms with Gasteiger partial charge in [-0.05, 0) is 39.8 Å². The van der Waals surface area contributed by atoms with Gasteiger partial charge in [0.15, 0.2) is 0 Å². The third-order valence-corrected chi connectivity index (χ3v) is 5.58. The van der Waals surface area contributed by atoms with Crippen LogP contribution in [0.15, 0.2) is 36.4 Å². The van der Waals surface area contributed by atoms with Gasteiger partial charge in [0, 0.05) is 63.3 Å². The highest BCUT2D eigenvalue weighted by Gasteiger charge is 2.19. The summed E-state index contributed by atoms with van der Waals surface area (Å²) in [5.74, 6) is 0.